The predicted octanol–water partition coefficient (Wildman–Crippen LogP) is 3.28. The molecule has 0 radical (unpaired) electrons. The Morgan fingerprint density at radius 2 is 1.69 bits per heavy atom. The van der Waals surface area contributed by atoms with Crippen LogP contribution in [0.3, 0.4) is 0 Å². The van der Waals surface area contributed by atoms with Crippen LogP contribution in [0.2, 0.25) is 0 Å². The number of carbonyl (C=O) groups excluding carboxylic acids is 4. The molecule has 1 atom stereocenters. The SMILES string of the molecule is CC(C(=O)Nc1ccc(C(=O)N(C)C2CCCCC2)cc1)N1C(=O)NC2(CCCC2)C1=O. The summed E-state index contributed by atoms with van der Waals surface area (Å²) < 4.78 is 0. The minimum Gasteiger partial charge on any atom is -0.339 e. The number of benzene rings is 1. The Morgan fingerprint density at radius 1 is 1.06 bits per heavy atom. The van der Waals surface area contributed by atoms with E-state index in [1.807, 2.05) is 11.9 Å². The highest BCUT2D eigenvalue weighted by molar-refractivity contribution is 6.11. The molecule has 172 valence electrons. The van der Waals surface area contributed by atoms with Crippen molar-refractivity contribution < 1.29 is 19.2 Å². The van der Waals surface area contributed by atoms with E-state index in [0.717, 1.165) is 43.4 Å². The summed E-state index contributed by atoms with van der Waals surface area (Å²) in [7, 11) is 1.85. The molecule has 4 rings (SSSR count). The van der Waals surface area contributed by atoms with Crippen molar-refractivity contribution in [3.05, 3.63) is 29.8 Å². The fraction of sp³-hybridized carbons (Fsp3) is 0.583. The Bertz CT molecular complexity index is 901. The van der Waals surface area contributed by atoms with Gasteiger partial charge < -0.3 is 15.5 Å². The minimum atomic E-state index is -0.929. The van der Waals surface area contributed by atoms with Crippen LogP contribution in [0.25, 0.3) is 0 Å². The van der Waals surface area contributed by atoms with Gasteiger partial charge in [0.1, 0.15) is 11.6 Å². The van der Waals surface area contributed by atoms with Crippen LogP contribution in [0.15, 0.2) is 24.3 Å². The van der Waals surface area contributed by atoms with E-state index in [-0.39, 0.29) is 17.9 Å². The average molecular weight is 441 g/mol. The lowest BCUT2D eigenvalue weighted by Crippen LogP contribution is -2.48. The molecular formula is C24H32N4O4. The van der Waals surface area contributed by atoms with Crippen molar-refractivity contribution in [2.75, 3.05) is 12.4 Å². The van der Waals surface area contributed by atoms with E-state index in [0.29, 0.717) is 24.1 Å². The number of hydrogen-bond acceptors (Lipinski definition) is 4. The topological polar surface area (TPSA) is 98.8 Å². The van der Waals surface area contributed by atoms with Crippen molar-refractivity contribution in [2.24, 2.45) is 0 Å². The van der Waals surface area contributed by atoms with Gasteiger partial charge in [0.2, 0.25) is 5.91 Å². The number of carbonyl (C=O) groups is 4. The van der Waals surface area contributed by atoms with E-state index < -0.39 is 23.5 Å². The molecule has 3 fully saturated rings. The molecule has 1 aliphatic heterocycles. The molecule has 2 N–H and O–H groups in total. The number of hydrogen-bond donors (Lipinski definition) is 2. The summed E-state index contributed by atoms with van der Waals surface area (Å²) in [4.78, 5) is 53.7. The third kappa shape index (κ3) is 4.10. The Morgan fingerprint density at radius 3 is 2.31 bits per heavy atom. The second kappa shape index (κ2) is 8.92. The van der Waals surface area contributed by atoms with E-state index in [9.17, 15) is 19.2 Å². The Hall–Kier alpha value is -2.90. The number of anilines is 1. The van der Waals surface area contributed by atoms with Gasteiger partial charge >= 0.3 is 6.03 Å². The molecule has 1 saturated heterocycles. The fourth-order valence-corrected chi connectivity index (χ4v) is 5.21. The van der Waals surface area contributed by atoms with Gasteiger partial charge in [-0.05, 0) is 56.9 Å². The number of nitrogens with one attached hydrogen (secondary N) is 2. The van der Waals surface area contributed by atoms with Crippen molar-refractivity contribution >= 4 is 29.4 Å². The Balaban J connectivity index is 1.38. The summed E-state index contributed by atoms with van der Waals surface area (Å²) in [6, 6.07) is 5.59. The van der Waals surface area contributed by atoms with Gasteiger partial charge in [-0.1, -0.05) is 32.1 Å². The lowest BCUT2D eigenvalue weighted by atomic mass is 9.94. The van der Waals surface area contributed by atoms with Gasteiger partial charge in [-0.2, -0.15) is 0 Å². The van der Waals surface area contributed by atoms with E-state index in [4.69, 9.17) is 0 Å². The van der Waals surface area contributed by atoms with Crippen molar-refractivity contribution in [1.29, 1.82) is 0 Å². The molecular weight excluding hydrogens is 408 g/mol. The molecule has 1 aromatic rings. The summed E-state index contributed by atoms with van der Waals surface area (Å²) in [6.45, 7) is 1.55. The normalized spacial score (nSPS) is 21.5. The molecule has 1 heterocycles. The van der Waals surface area contributed by atoms with E-state index in [1.165, 1.54) is 6.42 Å². The van der Waals surface area contributed by atoms with Gasteiger partial charge in [-0.15, -0.1) is 0 Å². The molecule has 8 nitrogen and oxygen atoms in total. The van der Waals surface area contributed by atoms with Crippen LogP contribution in [-0.2, 0) is 9.59 Å². The third-order valence-electron chi connectivity index (χ3n) is 7.26. The third-order valence-corrected chi connectivity index (χ3v) is 7.26. The highest BCUT2D eigenvalue weighted by Gasteiger charge is 2.54. The lowest BCUT2D eigenvalue weighted by molar-refractivity contribution is -0.136. The van der Waals surface area contributed by atoms with Gasteiger partial charge in [-0.3, -0.25) is 14.4 Å². The van der Waals surface area contributed by atoms with Gasteiger partial charge in [-0.25, -0.2) is 9.69 Å². The molecule has 1 aromatic carbocycles. The monoisotopic (exact) mass is 440 g/mol. The minimum absolute atomic E-state index is 0.0238. The smallest absolute Gasteiger partial charge is 0.325 e. The van der Waals surface area contributed by atoms with Crippen LogP contribution < -0.4 is 10.6 Å². The number of amides is 5. The first-order chi connectivity index (χ1) is 15.3. The van der Waals surface area contributed by atoms with Gasteiger partial charge in [0.15, 0.2) is 0 Å². The highest BCUT2D eigenvalue weighted by Crippen LogP contribution is 2.35. The summed E-state index contributed by atoms with van der Waals surface area (Å²) in [6.07, 6.45) is 8.64. The van der Waals surface area contributed by atoms with Crippen LogP contribution in [-0.4, -0.2) is 58.2 Å². The van der Waals surface area contributed by atoms with E-state index >= 15 is 0 Å². The lowest BCUT2D eigenvalue weighted by Gasteiger charge is -2.31. The standard InChI is InChI=1S/C24H32N4O4/c1-16(28-22(31)24(26-23(28)32)14-6-7-15-24)20(29)25-18-12-10-17(11-13-18)21(30)27(2)19-8-4-3-5-9-19/h10-13,16,19H,3-9,14-15H2,1-2H3,(H,25,29)(H,26,32). The second-order valence-corrected chi connectivity index (χ2v) is 9.34. The molecule has 5 amide bonds. The summed E-state index contributed by atoms with van der Waals surface area (Å²) in [5.41, 5.74) is 0.251. The molecule has 2 aliphatic carbocycles. The zero-order valence-corrected chi connectivity index (χ0v) is 18.9. The number of rotatable bonds is 5. The first kappa shape index (κ1) is 22.3. The largest absolute Gasteiger partial charge is 0.339 e. The molecule has 3 aliphatic rings. The Kier molecular flexibility index (Phi) is 6.22. The van der Waals surface area contributed by atoms with Crippen LogP contribution in [0.4, 0.5) is 10.5 Å². The zero-order chi connectivity index (χ0) is 22.9. The van der Waals surface area contributed by atoms with Crippen molar-refractivity contribution in [2.45, 2.75) is 82.3 Å². The average Bonchev–Trinajstić information content (AvgIpc) is 3.37. The molecule has 2 saturated carbocycles. The first-order valence-electron chi connectivity index (χ1n) is 11.7. The maximum absolute atomic E-state index is 12.9. The summed E-state index contributed by atoms with van der Waals surface area (Å²) in [5.74, 6) is -0.777. The zero-order valence-electron chi connectivity index (χ0n) is 18.9. The molecule has 8 heteroatoms. The van der Waals surface area contributed by atoms with Gasteiger partial charge in [0.25, 0.3) is 11.8 Å². The predicted molar refractivity (Wildman–Crippen MR) is 120 cm³/mol. The molecule has 32 heavy (non-hydrogen) atoms. The second-order valence-electron chi connectivity index (χ2n) is 9.34. The van der Waals surface area contributed by atoms with Crippen molar-refractivity contribution in [1.82, 2.24) is 15.1 Å². The van der Waals surface area contributed by atoms with Crippen molar-refractivity contribution in [3.8, 4) is 0 Å². The summed E-state index contributed by atoms with van der Waals surface area (Å²) in [5, 5.41) is 5.56. The van der Waals surface area contributed by atoms with Crippen LogP contribution in [0, 0.1) is 0 Å². The molecule has 1 spiro atoms. The molecule has 1 unspecified atom stereocenters. The highest BCUT2D eigenvalue weighted by atomic mass is 16.2. The molecule has 0 bridgehead atoms. The van der Waals surface area contributed by atoms with Gasteiger partial charge in [0, 0.05) is 24.3 Å². The Labute approximate surface area is 188 Å². The number of imide groups is 1. The molecule has 0 aromatic heterocycles. The van der Waals surface area contributed by atoms with Crippen molar-refractivity contribution in [3.63, 3.8) is 0 Å². The van der Waals surface area contributed by atoms with Crippen LogP contribution in [0.5, 0.6) is 0 Å². The van der Waals surface area contributed by atoms with E-state index in [2.05, 4.69) is 10.6 Å². The number of urea groups is 1. The van der Waals surface area contributed by atoms with E-state index in [1.54, 1.807) is 31.2 Å². The first-order valence-corrected chi connectivity index (χ1v) is 11.7. The number of nitrogens with zero attached hydrogens (tertiary/aromatic N) is 2. The maximum Gasteiger partial charge on any atom is 0.325 e. The quantitative estimate of drug-likeness (QED) is 0.687. The maximum atomic E-state index is 12.9. The summed E-state index contributed by atoms with van der Waals surface area (Å²) >= 11 is 0. The van der Waals surface area contributed by atoms with Crippen LogP contribution >= 0.6 is 0 Å². The van der Waals surface area contributed by atoms with Crippen LogP contribution in [0.1, 0.15) is 75.1 Å². The fourth-order valence-electron chi connectivity index (χ4n) is 5.21. The van der Waals surface area contributed by atoms with Gasteiger partial charge in [0.05, 0.1) is 0 Å².